The molecule has 0 bridgehead atoms. The van der Waals surface area contributed by atoms with Crippen LogP contribution in [0.2, 0.25) is 0 Å². The van der Waals surface area contributed by atoms with Gasteiger partial charge in [-0.25, -0.2) is 0 Å². The highest BCUT2D eigenvalue weighted by Crippen LogP contribution is 2.31. The Balaban J connectivity index is 2.12. The fraction of sp³-hybridized carbons (Fsp3) is 0.444. The maximum atomic E-state index is 12.4. The number of pyridine rings is 1. The smallest absolute Gasteiger partial charge is 0.251 e. The van der Waals surface area contributed by atoms with Crippen LogP contribution in [-0.2, 0) is 6.42 Å². The van der Waals surface area contributed by atoms with Crippen molar-refractivity contribution >= 4 is 28.2 Å². The number of nitrogens with one attached hydrogen (secondary N) is 3. The molecule has 0 saturated carbocycles. The predicted octanol–water partition coefficient (Wildman–Crippen LogP) is 2.35. The van der Waals surface area contributed by atoms with Gasteiger partial charge in [0.1, 0.15) is 11.5 Å². The lowest BCUT2D eigenvalue weighted by atomic mass is 10.1. The molecule has 0 aliphatic heterocycles. The number of fused-ring (bicyclic) bond motifs is 1. The molecule has 0 unspecified atom stereocenters. The van der Waals surface area contributed by atoms with Gasteiger partial charge in [0.2, 0.25) is 0 Å². The molecular weight excluding hydrogens is 338 g/mol. The predicted molar refractivity (Wildman–Crippen MR) is 105 cm³/mol. The standard InChI is InChI=1S/C18H25N3O3S/c1-4-5-9-19-18(25)20-10-8-12-11-13-14(23-2)6-7-15(24-3)16(13)21-17(12)22/h6-7,11H,4-5,8-10H2,1-3H3,(H,21,22)(H2,19,20,25). The van der Waals surface area contributed by atoms with Gasteiger partial charge in [-0.05, 0) is 43.3 Å². The van der Waals surface area contributed by atoms with E-state index in [0.717, 1.165) is 24.8 Å². The zero-order valence-corrected chi connectivity index (χ0v) is 15.7. The quantitative estimate of drug-likeness (QED) is 0.494. The molecule has 1 aromatic carbocycles. The van der Waals surface area contributed by atoms with Crippen molar-refractivity contribution in [1.82, 2.24) is 15.6 Å². The number of methoxy groups -OCH3 is 2. The molecular formula is C18H25N3O3S. The van der Waals surface area contributed by atoms with Gasteiger partial charge in [0.25, 0.3) is 5.56 Å². The summed E-state index contributed by atoms with van der Waals surface area (Å²) in [6.45, 7) is 3.57. The van der Waals surface area contributed by atoms with Crippen molar-refractivity contribution in [2.45, 2.75) is 26.2 Å². The highest BCUT2D eigenvalue weighted by molar-refractivity contribution is 7.80. The Bertz CT molecular complexity index is 789. The normalized spacial score (nSPS) is 10.5. The van der Waals surface area contributed by atoms with Crippen LogP contribution in [0, 0.1) is 0 Å². The van der Waals surface area contributed by atoms with Gasteiger partial charge < -0.3 is 25.1 Å². The van der Waals surface area contributed by atoms with E-state index in [0.29, 0.717) is 40.7 Å². The largest absolute Gasteiger partial charge is 0.496 e. The van der Waals surface area contributed by atoms with E-state index in [9.17, 15) is 4.79 Å². The van der Waals surface area contributed by atoms with Crippen molar-refractivity contribution in [3.63, 3.8) is 0 Å². The van der Waals surface area contributed by atoms with Crippen LogP contribution in [0.15, 0.2) is 23.0 Å². The first-order valence-electron chi connectivity index (χ1n) is 8.39. The van der Waals surface area contributed by atoms with Gasteiger partial charge in [0, 0.05) is 24.0 Å². The summed E-state index contributed by atoms with van der Waals surface area (Å²) in [4.78, 5) is 15.3. The molecule has 6 nitrogen and oxygen atoms in total. The van der Waals surface area contributed by atoms with Crippen LogP contribution in [0.4, 0.5) is 0 Å². The van der Waals surface area contributed by atoms with Crippen molar-refractivity contribution < 1.29 is 9.47 Å². The van der Waals surface area contributed by atoms with Crippen molar-refractivity contribution in [2.24, 2.45) is 0 Å². The van der Waals surface area contributed by atoms with Crippen LogP contribution in [-0.4, -0.2) is 37.4 Å². The summed E-state index contributed by atoms with van der Waals surface area (Å²) in [5, 5.41) is 7.71. The van der Waals surface area contributed by atoms with Gasteiger partial charge in [-0.1, -0.05) is 13.3 Å². The highest BCUT2D eigenvalue weighted by Gasteiger charge is 2.11. The van der Waals surface area contributed by atoms with Crippen molar-refractivity contribution in [1.29, 1.82) is 0 Å². The molecule has 0 atom stereocenters. The lowest BCUT2D eigenvalue weighted by Crippen LogP contribution is -2.37. The molecule has 3 N–H and O–H groups in total. The van der Waals surface area contributed by atoms with Gasteiger partial charge in [-0.15, -0.1) is 0 Å². The third-order valence-electron chi connectivity index (χ3n) is 3.95. The zero-order chi connectivity index (χ0) is 18.2. The SMILES string of the molecule is CCCCNC(=S)NCCc1cc2c(OC)ccc(OC)c2[nH]c1=O. The number of H-pyrrole nitrogens is 1. The minimum atomic E-state index is -0.134. The molecule has 0 fully saturated rings. The molecule has 0 saturated heterocycles. The number of aromatic nitrogens is 1. The van der Waals surface area contributed by atoms with Crippen LogP contribution >= 0.6 is 12.2 Å². The average molecular weight is 363 g/mol. The van der Waals surface area contributed by atoms with E-state index < -0.39 is 0 Å². The Hall–Kier alpha value is -2.28. The van der Waals surface area contributed by atoms with E-state index in [-0.39, 0.29) is 5.56 Å². The Morgan fingerprint density at radius 1 is 1.16 bits per heavy atom. The molecule has 1 aromatic heterocycles. The van der Waals surface area contributed by atoms with E-state index in [1.165, 1.54) is 0 Å². The number of hydrogen-bond acceptors (Lipinski definition) is 4. The Morgan fingerprint density at radius 3 is 2.52 bits per heavy atom. The first-order chi connectivity index (χ1) is 12.1. The van der Waals surface area contributed by atoms with Crippen LogP contribution < -0.4 is 25.7 Å². The molecule has 0 aliphatic carbocycles. The van der Waals surface area contributed by atoms with E-state index >= 15 is 0 Å². The van der Waals surface area contributed by atoms with Gasteiger partial charge >= 0.3 is 0 Å². The number of aromatic amines is 1. The maximum absolute atomic E-state index is 12.4. The van der Waals surface area contributed by atoms with Crippen molar-refractivity contribution in [3.8, 4) is 11.5 Å². The second-order valence-electron chi connectivity index (χ2n) is 5.67. The maximum Gasteiger partial charge on any atom is 0.251 e. The number of unbranched alkanes of at least 4 members (excludes halogenated alkanes) is 1. The number of ether oxygens (including phenoxy) is 2. The Morgan fingerprint density at radius 2 is 1.84 bits per heavy atom. The third-order valence-corrected chi connectivity index (χ3v) is 4.24. The Labute approximate surface area is 152 Å². The van der Waals surface area contributed by atoms with E-state index in [1.807, 2.05) is 12.1 Å². The average Bonchev–Trinajstić information content (AvgIpc) is 2.61. The zero-order valence-electron chi connectivity index (χ0n) is 14.9. The summed E-state index contributed by atoms with van der Waals surface area (Å²) in [5.74, 6) is 1.30. The summed E-state index contributed by atoms with van der Waals surface area (Å²) in [5.41, 5.74) is 1.17. The van der Waals surface area contributed by atoms with E-state index in [1.54, 1.807) is 20.3 Å². The second kappa shape index (κ2) is 9.27. The molecule has 2 aromatic rings. The minimum Gasteiger partial charge on any atom is -0.496 e. The van der Waals surface area contributed by atoms with Crippen LogP contribution in [0.25, 0.3) is 10.9 Å². The molecule has 136 valence electrons. The topological polar surface area (TPSA) is 75.4 Å². The molecule has 0 radical (unpaired) electrons. The fourth-order valence-corrected chi connectivity index (χ4v) is 2.78. The monoisotopic (exact) mass is 363 g/mol. The second-order valence-corrected chi connectivity index (χ2v) is 6.08. The van der Waals surface area contributed by atoms with Gasteiger partial charge in [0.05, 0.1) is 19.7 Å². The number of rotatable bonds is 8. The molecule has 1 heterocycles. The van der Waals surface area contributed by atoms with Gasteiger partial charge in [-0.3, -0.25) is 4.79 Å². The van der Waals surface area contributed by atoms with Crippen LogP contribution in [0.5, 0.6) is 11.5 Å². The fourth-order valence-electron chi connectivity index (χ4n) is 2.57. The van der Waals surface area contributed by atoms with Gasteiger partial charge in [0.15, 0.2) is 5.11 Å². The summed E-state index contributed by atoms with van der Waals surface area (Å²) < 4.78 is 10.7. The first kappa shape index (κ1) is 19.1. The molecule has 0 spiro atoms. The summed E-state index contributed by atoms with van der Waals surface area (Å²) in [7, 11) is 3.18. The summed E-state index contributed by atoms with van der Waals surface area (Å²) >= 11 is 5.22. The Kier molecular flexibility index (Phi) is 7.06. The van der Waals surface area contributed by atoms with Gasteiger partial charge in [-0.2, -0.15) is 0 Å². The molecule has 0 aliphatic rings. The number of thiocarbonyl (C=S) groups is 1. The first-order valence-corrected chi connectivity index (χ1v) is 8.80. The molecule has 25 heavy (non-hydrogen) atoms. The lowest BCUT2D eigenvalue weighted by Gasteiger charge is -2.12. The summed E-state index contributed by atoms with van der Waals surface area (Å²) in [6, 6.07) is 5.46. The van der Waals surface area contributed by atoms with Crippen molar-refractivity contribution in [3.05, 3.63) is 34.1 Å². The lowest BCUT2D eigenvalue weighted by molar-refractivity contribution is 0.409. The van der Waals surface area contributed by atoms with Crippen LogP contribution in [0.3, 0.4) is 0 Å². The number of benzene rings is 1. The highest BCUT2D eigenvalue weighted by atomic mass is 32.1. The number of hydrogen-bond donors (Lipinski definition) is 3. The molecule has 0 amide bonds. The van der Waals surface area contributed by atoms with Crippen molar-refractivity contribution in [2.75, 3.05) is 27.3 Å². The summed E-state index contributed by atoms with van der Waals surface area (Å²) in [6.07, 6.45) is 2.75. The van der Waals surface area contributed by atoms with Crippen LogP contribution in [0.1, 0.15) is 25.3 Å². The van der Waals surface area contributed by atoms with E-state index in [4.69, 9.17) is 21.7 Å². The van der Waals surface area contributed by atoms with E-state index in [2.05, 4.69) is 22.5 Å². The third kappa shape index (κ3) is 4.85. The molecule has 2 rings (SSSR count). The molecule has 7 heteroatoms. The minimum absolute atomic E-state index is 0.134.